The van der Waals surface area contributed by atoms with Crippen LogP contribution in [0.4, 0.5) is 10.1 Å². The third kappa shape index (κ3) is 5.29. The number of halogens is 1. The number of carbonyl (C=O) groups is 1. The monoisotopic (exact) mass is 434 g/mol. The number of carbonyl (C=O) groups excluding carboxylic acids is 1. The molecule has 1 aromatic heterocycles. The summed E-state index contributed by atoms with van der Waals surface area (Å²) < 4.78 is 19.5. The third-order valence-electron chi connectivity index (χ3n) is 5.63. The van der Waals surface area contributed by atoms with Gasteiger partial charge in [-0.1, -0.05) is 12.1 Å². The number of likely N-dealkylation sites (tertiary alicyclic amines) is 1. The van der Waals surface area contributed by atoms with Gasteiger partial charge in [-0.2, -0.15) is 0 Å². The minimum atomic E-state index is -0.354. The molecule has 0 bridgehead atoms. The molecule has 6 nitrogen and oxygen atoms in total. The minimum Gasteiger partial charge on any atom is -0.492 e. The van der Waals surface area contributed by atoms with Crippen molar-refractivity contribution >= 4 is 11.6 Å². The van der Waals surface area contributed by atoms with Crippen LogP contribution in [0.25, 0.3) is 11.1 Å². The van der Waals surface area contributed by atoms with Gasteiger partial charge in [-0.3, -0.25) is 9.69 Å². The number of nitrogens with zero attached hydrogens (tertiary/aromatic N) is 3. The molecular formula is C25H27FN4O2. The predicted octanol–water partition coefficient (Wildman–Crippen LogP) is 4.17. The first-order valence-corrected chi connectivity index (χ1v) is 10.8. The summed E-state index contributed by atoms with van der Waals surface area (Å²) in [4.78, 5) is 23.6. The van der Waals surface area contributed by atoms with Crippen molar-refractivity contribution in [3.8, 4) is 16.9 Å². The molecule has 1 N–H and O–H groups in total. The molecule has 0 radical (unpaired) electrons. The van der Waals surface area contributed by atoms with Crippen LogP contribution in [0.3, 0.4) is 0 Å². The Morgan fingerprint density at radius 1 is 1.12 bits per heavy atom. The number of nitrogens with one attached hydrogen (secondary N) is 1. The van der Waals surface area contributed by atoms with Crippen molar-refractivity contribution in [1.82, 2.24) is 14.9 Å². The van der Waals surface area contributed by atoms with E-state index in [1.807, 2.05) is 32.0 Å². The quantitative estimate of drug-likeness (QED) is 0.577. The van der Waals surface area contributed by atoms with E-state index >= 15 is 0 Å². The number of hydrogen-bond acceptors (Lipinski definition) is 5. The highest BCUT2D eigenvalue weighted by Gasteiger charge is 2.17. The van der Waals surface area contributed by atoms with E-state index in [2.05, 4.69) is 20.2 Å². The molecule has 1 aliphatic rings. The molecule has 1 fully saturated rings. The lowest BCUT2D eigenvalue weighted by Crippen LogP contribution is -2.39. The standard InChI is InChI=1S/C25H27FN4O2/c1-17-25(18(2)28-16-27-17)22-15-21(7-8-23(22)32-12-11-30-9-4-10-30)29-24(31)14-19-5-3-6-20(26)13-19/h3,5-8,13,15-16H,4,9-12,14H2,1-2H3,(H,29,31). The molecule has 2 aromatic carbocycles. The lowest BCUT2D eigenvalue weighted by atomic mass is 10.0. The van der Waals surface area contributed by atoms with Crippen molar-refractivity contribution in [3.63, 3.8) is 0 Å². The molecule has 1 saturated heterocycles. The minimum absolute atomic E-state index is 0.0910. The molecule has 0 saturated carbocycles. The first-order valence-electron chi connectivity index (χ1n) is 10.8. The van der Waals surface area contributed by atoms with E-state index in [4.69, 9.17) is 4.74 Å². The van der Waals surface area contributed by atoms with Gasteiger partial charge in [-0.15, -0.1) is 0 Å². The van der Waals surface area contributed by atoms with E-state index < -0.39 is 0 Å². The number of benzene rings is 2. The fourth-order valence-corrected chi connectivity index (χ4v) is 3.84. The van der Waals surface area contributed by atoms with E-state index in [9.17, 15) is 9.18 Å². The van der Waals surface area contributed by atoms with Crippen LogP contribution in [-0.2, 0) is 11.2 Å². The van der Waals surface area contributed by atoms with Crippen LogP contribution in [0.15, 0.2) is 48.8 Å². The zero-order valence-corrected chi connectivity index (χ0v) is 18.4. The third-order valence-corrected chi connectivity index (χ3v) is 5.63. The lowest BCUT2D eigenvalue weighted by Gasteiger charge is -2.30. The van der Waals surface area contributed by atoms with E-state index in [1.54, 1.807) is 18.5 Å². The maximum atomic E-state index is 13.4. The van der Waals surface area contributed by atoms with Gasteiger partial charge in [0.25, 0.3) is 0 Å². The van der Waals surface area contributed by atoms with Crippen molar-refractivity contribution in [2.75, 3.05) is 31.6 Å². The Hall–Kier alpha value is -3.32. The lowest BCUT2D eigenvalue weighted by molar-refractivity contribution is -0.115. The van der Waals surface area contributed by atoms with Crippen LogP contribution in [0.2, 0.25) is 0 Å². The molecule has 4 rings (SSSR count). The first-order chi connectivity index (χ1) is 15.5. The van der Waals surface area contributed by atoms with Gasteiger partial charge < -0.3 is 10.1 Å². The average molecular weight is 435 g/mol. The molecule has 3 aromatic rings. The maximum Gasteiger partial charge on any atom is 0.228 e. The van der Waals surface area contributed by atoms with Crippen LogP contribution >= 0.6 is 0 Å². The van der Waals surface area contributed by atoms with Gasteiger partial charge >= 0.3 is 0 Å². The van der Waals surface area contributed by atoms with Gasteiger partial charge in [-0.05, 0) is 69.3 Å². The summed E-state index contributed by atoms with van der Waals surface area (Å²) >= 11 is 0. The number of rotatable bonds is 8. The van der Waals surface area contributed by atoms with Crippen molar-refractivity contribution in [2.45, 2.75) is 26.7 Å². The fraction of sp³-hybridized carbons (Fsp3) is 0.320. The van der Waals surface area contributed by atoms with Gasteiger partial charge in [-0.25, -0.2) is 14.4 Å². The van der Waals surface area contributed by atoms with Gasteiger partial charge in [0.2, 0.25) is 5.91 Å². The molecule has 0 aliphatic carbocycles. The van der Waals surface area contributed by atoms with Crippen molar-refractivity contribution in [3.05, 3.63) is 71.6 Å². The number of anilines is 1. The van der Waals surface area contributed by atoms with Crippen LogP contribution in [0.1, 0.15) is 23.4 Å². The Morgan fingerprint density at radius 2 is 1.91 bits per heavy atom. The number of hydrogen-bond donors (Lipinski definition) is 1. The molecular weight excluding hydrogens is 407 g/mol. The summed E-state index contributed by atoms with van der Waals surface area (Å²) in [6, 6.07) is 11.6. The molecule has 32 heavy (non-hydrogen) atoms. The van der Waals surface area contributed by atoms with E-state index in [0.29, 0.717) is 17.9 Å². The molecule has 7 heteroatoms. The van der Waals surface area contributed by atoms with Gasteiger partial charge in [0.1, 0.15) is 24.5 Å². The van der Waals surface area contributed by atoms with Crippen LogP contribution in [0, 0.1) is 19.7 Å². The second-order valence-electron chi connectivity index (χ2n) is 8.03. The zero-order valence-electron chi connectivity index (χ0n) is 18.4. The zero-order chi connectivity index (χ0) is 22.5. The summed E-state index contributed by atoms with van der Waals surface area (Å²) in [5.41, 5.74) is 4.68. The van der Waals surface area contributed by atoms with E-state index in [0.717, 1.165) is 47.9 Å². The normalized spacial score (nSPS) is 13.5. The smallest absolute Gasteiger partial charge is 0.228 e. The fourth-order valence-electron chi connectivity index (χ4n) is 3.84. The molecule has 1 aliphatic heterocycles. The van der Waals surface area contributed by atoms with Crippen molar-refractivity contribution in [2.24, 2.45) is 0 Å². The number of amides is 1. The molecule has 166 valence electrons. The first kappa shape index (κ1) is 21.9. The van der Waals surface area contributed by atoms with Crippen molar-refractivity contribution < 1.29 is 13.9 Å². The number of ether oxygens (including phenoxy) is 1. The highest BCUT2D eigenvalue weighted by molar-refractivity contribution is 5.93. The Bertz CT molecular complexity index is 1090. The second kappa shape index (κ2) is 9.87. The van der Waals surface area contributed by atoms with Gasteiger partial charge in [0.05, 0.1) is 6.42 Å². The molecule has 0 spiro atoms. The average Bonchev–Trinajstić information content (AvgIpc) is 2.71. The number of aryl methyl sites for hydroxylation is 2. The Balaban J connectivity index is 1.56. The second-order valence-corrected chi connectivity index (χ2v) is 8.03. The maximum absolute atomic E-state index is 13.4. The summed E-state index contributed by atoms with van der Waals surface area (Å²) in [5.74, 6) is 0.160. The number of aromatic nitrogens is 2. The molecule has 1 amide bonds. The summed E-state index contributed by atoms with van der Waals surface area (Å²) in [7, 11) is 0. The highest BCUT2D eigenvalue weighted by atomic mass is 19.1. The largest absolute Gasteiger partial charge is 0.492 e. The highest BCUT2D eigenvalue weighted by Crippen LogP contribution is 2.35. The van der Waals surface area contributed by atoms with Crippen LogP contribution in [0.5, 0.6) is 5.75 Å². The topological polar surface area (TPSA) is 67.3 Å². The Morgan fingerprint density at radius 3 is 2.59 bits per heavy atom. The Labute approximate surface area is 187 Å². The van der Waals surface area contributed by atoms with Gasteiger partial charge in [0, 0.05) is 34.7 Å². The predicted molar refractivity (Wildman–Crippen MR) is 122 cm³/mol. The molecule has 0 unspecified atom stereocenters. The molecule has 2 heterocycles. The van der Waals surface area contributed by atoms with Crippen LogP contribution in [-0.4, -0.2) is 47.0 Å². The summed E-state index contributed by atoms with van der Waals surface area (Å²) in [6.45, 7) is 7.58. The Kier molecular flexibility index (Phi) is 6.75. The SMILES string of the molecule is Cc1ncnc(C)c1-c1cc(NC(=O)Cc2cccc(F)c2)ccc1OCCN1CCC1. The van der Waals surface area contributed by atoms with E-state index in [1.165, 1.54) is 18.6 Å². The van der Waals surface area contributed by atoms with Crippen LogP contribution < -0.4 is 10.1 Å². The summed E-state index contributed by atoms with van der Waals surface area (Å²) in [6.07, 6.45) is 2.88. The summed E-state index contributed by atoms with van der Waals surface area (Å²) in [5, 5.41) is 2.91. The van der Waals surface area contributed by atoms with Crippen molar-refractivity contribution in [1.29, 1.82) is 0 Å². The van der Waals surface area contributed by atoms with E-state index in [-0.39, 0.29) is 18.1 Å². The van der Waals surface area contributed by atoms with Gasteiger partial charge in [0.15, 0.2) is 0 Å². The molecule has 0 atom stereocenters.